The van der Waals surface area contributed by atoms with Crippen molar-refractivity contribution in [2.45, 2.75) is 114 Å². The van der Waals surface area contributed by atoms with Crippen LogP contribution in [0.15, 0.2) is 36.4 Å². The van der Waals surface area contributed by atoms with Crippen molar-refractivity contribution in [1.29, 1.82) is 0 Å². The molecule has 10 heteroatoms. The van der Waals surface area contributed by atoms with Crippen LogP contribution >= 0.6 is 0 Å². The van der Waals surface area contributed by atoms with E-state index in [1.807, 2.05) is 25.1 Å². The number of likely N-dealkylation sites (tertiary alicyclic amines) is 1. The van der Waals surface area contributed by atoms with Gasteiger partial charge in [0, 0.05) is 53.7 Å². The smallest absolute Gasteiger partial charge is 0.264 e. The van der Waals surface area contributed by atoms with E-state index in [0.29, 0.717) is 19.4 Å². The normalized spacial score (nSPS) is 28.5. The van der Waals surface area contributed by atoms with Gasteiger partial charge in [0.05, 0.1) is 15.9 Å². The van der Waals surface area contributed by atoms with E-state index in [1.165, 1.54) is 18.1 Å². The zero-order chi connectivity index (χ0) is 33.7. The van der Waals surface area contributed by atoms with Crippen LogP contribution in [-0.2, 0) is 21.4 Å². The van der Waals surface area contributed by atoms with Gasteiger partial charge in [0.1, 0.15) is 5.82 Å². The lowest BCUT2D eigenvalue weighted by atomic mass is 9.72. The first-order valence-corrected chi connectivity index (χ1v) is 19.3. The van der Waals surface area contributed by atoms with Crippen LogP contribution < -0.4 is 4.72 Å². The van der Waals surface area contributed by atoms with Gasteiger partial charge >= 0.3 is 0 Å². The van der Waals surface area contributed by atoms with Crippen LogP contribution in [0.5, 0.6) is 0 Å². The highest BCUT2D eigenvalue weighted by Crippen LogP contribution is 2.53. The van der Waals surface area contributed by atoms with Gasteiger partial charge in [-0.2, -0.15) is 0 Å². The lowest BCUT2D eigenvalue weighted by Crippen LogP contribution is -2.59. The Bertz CT molecular complexity index is 1930. The van der Waals surface area contributed by atoms with E-state index < -0.39 is 26.1 Å². The molecule has 2 aromatic carbocycles. The highest BCUT2D eigenvalue weighted by molar-refractivity contribution is 7.91. The summed E-state index contributed by atoms with van der Waals surface area (Å²) >= 11 is 0. The average molecular weight is 675 g/mol. The molecule has 256 valence electrons. The number of hydrogen-bond donors (Lipinski definition) is 1. The monoisotopic (exact) mass is 674 g/mol. The maximum absolute atomic E-state index is 15.2. The third-order valence-electron chi connectivity index (χ3n) is 12.8. The lowest BCUT2D eigenvalue weighted by molar-refractivity contribution is -0.149. The largest absolute Gasteiger partial charge is 0.339 e. The fraction of sp³-hybridized carbons (Fsp3) is 0.579. The molecule has 1 aromatic heterocycles. The second-order valence-electron chi connectivity index (χ2n) is 16.0. The summed E-state index contributed by atoms with van der Waals surface area (Å²) in [7, 11) is -1.70. The van der Waals surface area contributed by atoms with Gasteiger partial charge in [-0.25, -0.2) is 17.5 Å². The number of benzene rings is 2. The Labute approximate surface area is 283 Å². The van der Waals surface area contributed by atoms with Gasteiger partial charge in [-0.1, -0.05) is 32.3 Å². The number of aromatic nitrogens is 1. The van der Waals surface area contributed by atoms with Crippen LogP contribution in [0.25, 0.3) is 22.2 Å². The summed E-state index contributed by atoms with van der Waals surface area (Å²) in [5, 5.41) is 1.02. The maximum atomic E-state index is 15.2. The Morgan fingerprint density at radius 1 is 0.938 bits per heavy atom. The van der Waals surface area contributed by atoms with E-state index in [4.69, 9.17) is 0 Å². The number of likely N-dealkylation sites (N-methyl/N-ethyl adjacent to an activating group) is 1. The van der Waals surface area contributed by atoms with Crippen molar-refractivity contribution in [2.75, 3.05) is 20.1 Å². The number of rotatable bonds is 5. The van der Waals surface area contributed by atoms with Gasteiger partial charge in [0.2, 0.25) is 15.9 Å². The SMILES string of the molecule is CC1c2cc(F)ccc2-c2c(C3CCCCC3)c3ccc(C(=O)NS(=O)(=O)C4(C)CC4)cc3n2C[C@]1(C)C(=O)N1C2CCC1CN(C)C2. The van der Waals surface area contributed by atoms with E-state index in [1.54, 1.807) is 19.1 Å². The molecule has 2 saturated heterocycles. The third kappa shape index (κ3) is 4.87. The fourth-order valence-corrected chi connectivity index (χ4v) is 10.7. The van der Waals surface area contributed by atoms with Crippen LogP contribution in [0.2, 0.25) is 0 Å². The zero-order valence-corrected chi connectivity index (χ0v) is 29.3. The molecule has 4 fully saturated rings. The Kier molecular flexibility index (Phi) is 7.42. The van der Waals surface area contributed by atoms with Crippen molar-refractivity contribution in [2.24, 2.45) is 5.41 Å². The van der Waals surface area contributed by atoms with Crippen molar-refractivity contribution in [3.63, 3.8) is 0 Å². The topological polar surface area (TPSA) is 91.7 Å². The van der Waals surface area contributed by atoms with Crippen LogP contribution in [-0.4, -0.2) is 71.6 Å². The molecule has 2 saturated carbocycles. The second-order valence-corrected chi connectivity index (χ2v) is 18.2. The van der Waals surface area contributed by atoms with Gasteiger partial charge < -0.3 is 14.4 Å². The number of carbonyl (C=O) groups is 2. The highest BCUT2D eigenvalue weighted by atomic mass is 32.2. The first-order chi connectivity index (χ1) is 22.8. The standard InChI is InChI=1S/C38H47FN4O4S/c1-23-31-19-26(39)11-15-29(31)34-33(24-8-6-5-7-9-24)30-14-10-25(35(44)40-48(46,47)37(2)16-17-37)18-32(30)42(34)22-38(23,3)36(45)43-27-12-13-28(43)21-41(4)20-27/h10-11,14-15,18-19,23-24,27-28H,5-9,12-13,16-17,20-22H2,1-4H3,(H,40,44)/t23?,27?,28?,38-/m0/s1. The van der Waals surface area contributed by atoms with Crippen LogP contribution in [0, 0.1) is 11.2 Å². The summed E-state index contributed by atoms with van der Waals surface area (Å²) in [5.74, 6) is -0.841. The fourth-order valence-electron chi connectivity index (χ4n) is 9.43. The van der Waals surface area contributed by atoms with E-state index in [9.17, 15) is 13.2 Å². The zero-order valence-electron chi connectivity index (χ0n) is 28.5. The predicted octanol–water partition coefficient (Wildman–Crippen LogP) is 6.54. The van der Waals surface area contributed by atoms with Gasteiger partial charge in [-0.05, 0) is 113 Å². The van der Waals surface area contributed by atoms with Crippen molar-refractivity contribution in [1.82, 2.24) is 19.1 Å². The third-order valence-corrected chi connectivity index (χ3v) is 14.9. The van der Waals surface area contributed by atoms with Crippen molar-refractivity contribution in [3.05, 3.63) is 58.9 Å². The van der Waals surface area contributed by atoms with Crippen LogP contribution in [0.1, 0.15) is 112 Å². The number of fused-ring (bicyclic) bond motifs is 7. The number of sulfonamides is 1. The molecule has 2 aliphatic carbocycles. The molecule has 8 nitrogen and oxygen atoms in total. The molecule has 3 unspecified atom stereocenters. The maximum Gasteiger partial charge on any atom is 0.264 e. The number of nitrogens with zero attached hydrogens (tertiary/aromatic N) is 3. The van der Waals surface area contributed by atoms with E-state index in [-0.39, 0.29) is 41.2 Å². The van der Waals surface area contributed by atoms with Gasteiger partial charge in [0.25, 0.3) is 5.91 Å². The van der Waals surface area contributed by atoms with Gasteiger partial charge in [-0.3, -0.25) is 9.59 Å². The molecule has 0 radical (unpaired) electrons. The number of nitrogens with one attached hydrogen (secondary N) is 1. The number of carbonyl (C=O) groups excluding carboxylic acids is 2. The van der Waals surface area contributed by atoms with E-state index in [0.717, 1.165) is 79.3 Å². The molecule has 4 heterocycles. The Balaban J connectivity index is 1.32. The second kappa shape index (κ2) is 11.1. The molecule has 3 aliphatic heterocycles. The summed E-state index contributed by atoms with van der Waals surface area (Å²) in [6.07, 6.45) is 8.57. The van der Waals surface area contributed by atoms with Crippen LogP contribution in [0.4, 0.5) is 4.39 Å². The minimum atomic E-state index is -3.82. The molecular formula is C38H47FN4O4S. The first kappa shape index (κ1) is 32.0. The van der Waals surface area contributed by atoms with Gasteiger partial charge in [0.15, 0.2) is 0 Å². The minimum absolute atomic E-state index is 0.109. The minimum Gasteiger partial charge on any atom is -0.339 e. The number of amides is 2. The highest BCUT2D eigenvalue weighted by Gasteiger charge is 2.53. The Hall–Kier alpha value is -3.24. The molecule has 1 N–H and O–H groups in total. The molecule has 3 aromatic rings. The van der Waals surface area contributed by atoms with Crippen molar-refractivity contribution < 1.29 is 22.4 Å². The molecule has 2 bridgehead atoms. The first-order valence-electron chi connectivity index (χ1n) is 17.9. The average Bonchev–Trinajstić information content (AvgIpc) is 3.70. The number of halogens is 1. The Morgan fingerprint density at radius 3 is 2.29 bits per heavy atom. The quantitative estimate of drug-likeness (QED) is 0.332. The summed E-state index contributed by atoms with van der Waals surface area (Å²) in [6.45, 7) is 7.86. The summed E-state index contributed by atoms with van der Waals surface area (Å²) < 4.78 is 44.9. The van der Waals surface area contributed by atoms with E-state index >= 15 is 9.18 Å². The molecule has 48 heavy (non-hydrogen) atoms. The summed E-state index contributed by atoms with van der Waals surface area (Å²) in [6, 6.07) is 10.9. The molecular weight excluding hydrogens is 628 g/mol. The van der Waals surface area contributed by atoms with Crippen LogP contribution in [0.3, 0.4) is 0 Å². The van der Waals surface area contributed by atoms with E-state index in [2.05, 4.69) is 33.1 Å². The molecule has 8 rings (SSSR count). The lowest BCUT2D eigenvalue weighted by Gasteiger charge is -2.45. The Morgan fingerprint density at radius 2 is 1.62 bits per heavy atom. The predicted molar refractivity (Wildman–Crippen MR) is 185 cm³/mol. The summed E-state index contributed by atoms with van der Waals surface area (Å²) in [5.41, 5.74) is 4.17. The molecule has 4 atom stereocenters. The number of piperazine rings is 1. The van der Waals surface area contributed by atoms with Crippen molar-refractivity contribution >= 4 is 32.7 Å². The summed E-state index contributed by atoms with van der Waals surface area (Å²) in [4.78, 5) is 33.1. The van der Waals surface area contributed by atoms with Gasteiger partial charge in [-0.15, -0.1) is 0 Å². The molecule has 2 amide bonds. The molecule has 0 spiro atoms. The van der Waals surface area contributed by atoms with Crippen molar-refractivity contribution in [3.8, 4) is 11.3 Å². The molecule has 5 aliphatic rings. The number of hydrogen-bond acceptors (Lipinski definition) is 5.